The zero-order valence-electron chi connectivity index (χ0n) is 5.03. The van der Waals surface area contributed by atoms with Crippen LogP contribution in [0, 0.1) is 0 Å². The molecule has 4 nitrogen and oxygen atoms in total. The van der Waals surface area contributed by atoms with E-state index in [-0.39, 0.29) is 5.75 Å². The average Bonchev–Trinajstić information content (AvgIpc) is 2.10. The Morgan fingerprint density at radius 1 is 1.78 bits per heavy atom. The molecule has 4 heteroatoms. The van der Waals surface area contributed by atoms with Gasteiger partial charge in [-0.15, -0.1) is 0 Å². The Hall–Kier alpha value is -1.32. The van der Waals surface area contributed by atoms with Gasteiger partial charge in [-0.1, -0.05) is 0 Å². The van der Waals surface area contributed by atoms with Crippen LogP contribution in [0.1, 0.15) is 0 Å². The largest absolute Gasteiger partial charge is 0.506 e. The third-order valence-electron chi connectivity index (χ3n) is 0.996. The van der Waals surface area contributed by atoms with E-state index in [1.165, 1.54) is 24.1 Å². The van der Waals surface area contributed by atoms with Gasteiger partial charge < -0.3 is 15.7 Å². The molecule has 0 aliphatic carbocycles. The van der Waals surface area contributed by atoms with Crippen molar-refractivity contribution < 1.29 is 9.94 Å². The van der Waals surface area contributed by atoms with Crippen molar-refractivity contribution in [2.75, 3.05) is 12.8 Å². The van der Waals surface area contributed by atoms with Crippen LogP contribution in [0.2, 0.25) is 0 Å². The SMILES string of the molecule is COn1cc(O)cc1N. The number of anilines is 1. The number of rotatable bonds is 1. The molecule has 1 heterocycles. The molecule has 1 aromatic rings. The maximum atomic E-state index is 8.78. The standard InChI is InChI=1S/C5H8N2O2/c1-9-7-3-4(8)2-5(7)6/h2-3,8H,6H2,1H3. The molecule has 1 aromatic heterocycles. The van der Waals surface area contributed by atoms with E-state index in [1.807, 2.05) is 0 Å². The first-order valence-corrected chi connectivity index (χ1v) is 2.45. The molecule has 50 valence electrons. The van der Waals surface area contributed by atoms with E-state index in [4.69, 9.17) is 15.7 Å². The summed E-state index contributed by atoms with van der Waals surface area (Å²) in [6.45, 7) is 0. The van der Waals surface area contributed by atoms with Gasteiger partial charge in [0.15, 0.2) is 0 Å². The van der Waals surface area contributed by atoms with Crippen molar-refractivity contribution in [3.05, 3.63) is 12.3 Å². The summed E-state index contributed by atoms with van der Waals surface area (Å²) in [7, 11) is 1.47. The lowest BCUT2D eigenvalue weighted by atomic mass is 10.6. The van der Waals surface area contributed by atoms with Crippen LogP contribution in [-0.4, -0.2) is 16.9 Å². The van der Waals surface area contributed by atoms with Crippen molar-refractivity contribution in [2.24, 2.45) is 0 Å². The quantitative estimate of drug-likeness (QED) is 0.552. The maximum absolute atomic E-state index is 8.78. The molecule has 0 bridgehead atoms. The molecule has 0 fully saturated rings. The molecule has 1 rings (SSSR count). The number of nitrogen functional groups attached to an aromatic ring is 1. The predicted octanol–water partition coefficient (Wildman–Crippen LogP) is -0.166. The van der Waals surface area contributed by atoms with Crippen LogP contribution in [0.5, 0.6) is 5.75 Å². The highest BCUT2D eigenvalue weighted by Crippen LogP contribution is 2.13. The molecule has 9 heavy (non-hydrogen) atoms. The molecule has 0 aliphatic rings. The lowest BCUT2D eigenvalue weighted by Crippen LogP contribution is -2.06. The first-order valence-electron chi connectivity index (χ1n) is 2.45. The normalized spacial score (nSPS) is 9.44. The lowest BCUT2D eigenvalue weighted by molar-refractivity contribution is 0.172. The maximum Gasteiger partial charge on any atom is 0.143 e. The monoisotopic (exact) mass is 128 g/mol. The van der Waals surface area contributed by atoms with E-state index in [0.29, 0.717) is 5.82 Å². The number of aromatic hydroxyl groups is 1. The second-order valence-electron chi connectivity index (χ2n) is 1.63. The van der Waals surface area contributed by atoms with Crippen LogP contribution in [0.3, 0.4) is 0 Å². The second-order valence-corrected chi connectivity index (χ2v) is 1.63. The van der Waals surface area contributed by atoms with Crippen LogP contribution >= 0.6 is 0 Å². The van der Waals surface area contributed by atoms with Crippen LogP contribution in [-0.2, 0) is 0 Å². The fourth-order valence-electron chi connectivity index (χ4n) is 0.605. The van der Waals surface area contributed by atoms with Crippen molar-refractivity contribution in [1.82, 2.24) is 4.73 Å². The highest BCUT2D eigenvalue weighted by atomic mass is 16.6. The van der Waals surface area contributed by atoms with E-state index < -0.39 is 0 Å². The lowest BCUT2D eigenvalue weighted by Gasteiger charge is -1.99. The number of aromatic nitrogens is 1. The Morgan fingerprint density at radius 2 is 2.44 bits per heavy atom. The molecule has 0 saturated carbocycles. The van der Waals surface area contributed by atoms with E-state index in [1.54, 1.807) is 0 Å². The Bertz CT molecular complexity index is 207. The molecule has 0 atom stereocenters. The van der Waals surface area contributed by atoms with Gasteiger partial charge in [-0.25, -0.2) is 0 Å². The van der Waals surface area contributed by atoms with E-state index >= 15 is 0 Å². The molecule has 0 spiro atoms. The molecule has 0 aromatic carbocycles. The minimum absolute atomic E-state index is 0.106. The summed E-state index contributed by atoms with van der Waals surface area (Å²) in [6.07, 6.45) is 1.38. The summed E-state index contributed by atoms with van der Waals surface area (Å²) in [4.78, 5) is 4.70. The van der Waals surface area contributed by atoms with E-state index in [2.05, 4.69) is 0 Å². The molecule has 3 N–H and O–H groups in total. The van der Waals surface area contributed by atoms with Crippen LogP contribution in [0.25, 0.3) is 0 Å². The van der Waals surface area contributed by atoms with Gasteiger partial charge >= 0.3 is 0 Å². The van der Waals surface area contributed by atoms with Crippen LogP contribution in [0.4, 0.5) is 5.82 Å². The number of hydrogen-bond acceptors (Lipinski definition) is 3. The molecular weight excluding hydrogens is 120 g/mol. The first-order chi connectivity index (χ1) is 4.24. The van der Waals surface area contributed by atoms with Crippen molar-refractivity contribution in [3.63, 3.8) is 0 Å². The summed E-state index contributed by atoms with van der Waals surface area (Å²) < 4.78 is 1.27. The third kappa shape index (κ3) is 0.910. The highest BCUT2D eigenvalue weighted by Gasteiger charge is 1.97. The van der Waals surface area contributed by atoms with Gasteiger partial charge in [-0.3, -0.25) is 0 Å². The van der Waals surface area contributed by atoms with Gasteiger partial charge in [-0.05, 0) is 0 Å². The average molecular weight is 128 g/mol. The highest BCUT2D eigenvalue weighted by molar-refractivity contribution is 5.37. The Labute approximate surface area is 52.4 Å². The molecule has 0 unspecified atom stereocenters. The van der Waals surface area contributed by atoms with Crippen LogP contribution in [0.15, 0.2) is 12.3 Å². The third-order valence-corrected chi connectivity index (χ3v) is 0.996. The number of nitrogens with two attached hydrogens (primary N) is 1. The molecule has 0 radical (unpaired) electrons. The smallest absolute Gasteiger partial charge is 0.143 e. The van der Waals surface area contributed by atoms with Crippen molar-refractivity contribution in [2.45, 2.75) is 0 Å². The number of nitrogens with zero attached hydrogens (tertiary/aromatic N) is 1. The Morgan fingerprint density at radius 3 is 2.67 bits per heavy atom. The zero-order valence-corrected chi connectivity index (χ0v) is 5.03. The van der Waals surface area contributed by atoms with Gasteiger partial charge in [0, 0.05) is 6.07 Å². The van der Waals surface area contributed by atoms with E-state index in [9.17, 15) is 0 Å². The van der Waals surface area contributed by atoms with Gasteiger partial charge in [0.05, 0.1) is 6.20 Å². The zero-order chi connectivity index (χ0) is 6.85. The van der Waals surface area contributed by atoms with Gasteiger partial charge in [0.2, 0.25) is 0 Å². The molecule has 0 aliphatic heterocycles. The summed E-state index contributed by atoms with van der Waals surface area (Å²) in [5.41, 5.74) is 5.33. The summed E-state index contributed by atoms with van der Waals surface area (Å²) >= 11 is 0. The van der Waals surface area contributed by atoms with Gasteiger partial charge in [0.1, 0.15) is 18.7 Å². The molecule has 0 saturated heterocycles. The summed E-state index contributed by atoms with van der Waals surface area (Å²) in [5, 5.41) is 8.78. The minimum Gasteiger partial charge on any atom is -0.506 e. The second kappa shape index (κ2) is 1.89. The van der Waals surface area contributed by atoms with Crippen molar-refractivity contribution >= 4 is 5.82 Å². The van der Waals surface area contributed by atoms with Crippen molar-refractivity contribution in [1.29, 1.82) is 0 Å². The van der Waals surface area contributed by atoms with Gasteiger partial charge in [-0.2, -0.15) is 4.73 Å². The molecular formula is C5H8N2O2. The minimum atomic E-state index is 0.106. The summed E-state index contributed by atoms with van der Waals surface area (Å²) in [6, 6.07) is 1.41. The fraction of sp³-hybridized carbons (Fsp3) is 0.200. The predicted molar refractivity (Wildman–Crippen MR) is 33.0 cm³/mol. The number of hydrogen-bond donors (Lipinski definition) is 2. The Balaban J connectivity index is 3.01. The Kier molecular flexibility index (Phi) is 1.22. The van der Waals surface area contributed by atoms with E-state index in [0.717, 1.165) is 0 Å². The fourth-order valence-corrected chi connectivity index (χ4v) is 0.605. The van der Waals surface area contributed by atoms with Gasteiger partial charge in [0.25, 0.3) is 0 Å². The van der Waals surface area contributed by atoms with Crippen molar-refractivity contribution in [3.8, 4) is 5.75 Å². The molecule has 0 amide bonds. The first kappa shape index (κ1) is 5.81. The topological polar surface area (TPSA) is 60.4 Å². The summed E-state index contributed by atoms with van der Waals surface area (Å²) in [5.74, 6) is 0.490. The van der Waals surface area contributed by atoms with Crippen LogP contribution < -0.4 is 10.6 Å².